The first-order valence-electron chi connectivity index (χ1n) is 7.50. The van der Waals surface area contributed by atoms with Crippen LogP contribution >= 0.6 is 0 Å². The third kappa shape index (κ3) is 15.3. The Bertz CT molecular complexity index is 245. The van der Waals surface area contributed by atoms with Crippen molar-refractivity contribution in [3.8, 4) is 0 Å². The summed E-state index contributed by atoms with van der Waals surface area (Å²) in [5.41, 5.74) is 0. The van der Waals surface area contributed by atoms with Crippen molar-refractivity contribution < 1.29 is 18.0 Å². The molecular weight excluding hydrogens is 269 g/mol. The minimum absolute atomic E-state index is 0.0490. The van der Waals surface area contributed by atoms with Crippen LogP contribution in [0.5, 0.6) is 0 Å². The molecule has 6 heteroatoms. The zero-order chi connectivity index (χ0) is 15.3. The van der Waals surface area contributed by atoms with Gasteiger partial charge in [-0.05, 0) is 13.0 Å². The van der Waals surface area contributed by atoms with E-state index in [0.29, 0.717) is 6.54 Å². The van der Waals surface area contributed by atoms with Crippen molar-refractivity contribution in [2.24, 2.45) is 0 Å². The van der Waals surface area contributed by atoms with E-state index < -0.39 is 18.6 Å². The zero-order valence-electron chi connectivity index (χ0n) is 12.3. The number of amides is 1. The highest BCUT2D eigenvalue weighted by Gasteiger charge is 2.27. The molecule has 20 heavy (non-hydrogen) atoms. The highest BCUT2D eigenvalue weighted by atomic mass is 19.4. The van der Waals surface area contributed by atoms with Gasteiger partial charge in [0.25, 0.3) is 0 Å². The Hall–Kier alpha value is -0.780. The molecule has 0 aliphatic carbocycles. The highest BCUT2D eigenvalue weighted by molar-refractivity contribution is 5.77. The van der Waals surface area contributed by atoms with E-state index in [1.807, 2.05) is 5.32 Å². The molecule has 0 fully saturated rings. The normalized spacial score (nSPS) is 11.6. The maximum Gasteiger partial charge on any atom is 0.405 e. The van der Waals surface area contributed by atoms with Gasteiger partial charge >= 0.3 is 6.18 Å². The van der Waals surface area contributed by atoms with Gasteiger partial charge < -0.3 is 10.6 Å². The zero-order valence-corrected chi connectivity index (χ0v) is 12.3. The molecule has 0 saturated carbocycles. The van der Waals surface area contributed by atoms with Crippen LogP contribution in [-0.4, -0.2) is 31.7 Å². The second-order valence-electron chi connectivity index (χ2n) is 5.04. The van der Waals surface area contributed by atoms with Crippen molar-refractivity contribution in [3.63, 3.8) is 0 Å². The molecule has 0 atom stereocenters. The quantitative estimate of drug-likeness (QED) is 0.542. The fourth-order valence-electron chi connectivity index (χ4n) is 1.85. The van der Waals surface area contributed by atoms with E-state index in [9.17, 15) is 18.0 Å². The van der Waals surface area contributed by atoms with E-state index >= 15 is 0 Å². The molecule has 0 radical (unpaired) electrons. The first-order chi connectivity index (χ1) is 9.45. The van der Waals surface area contributed by atoms with Gasteiger partial charge in [-0.25, -0.2) is 0 Å². The molecule has 0 bridgehead atoms. The molecule has 0 unspecified atom stereocenters. The Balaban J connectivity index is 3.21. The Morgan fingerprint density at radius 3 is 2.05 bits per heavy atom. The van der Waals surface area contributed by atoms with E-state index in [0.717, 1.165) is 12.8 Å². The molecule has 0 spiro atoms. The summed E-state index contributed by atoms with van der Waals surface area (Å²) in [7, 11) is 0. The van der Waals surface area contributed by atoms with Gasteiger partial charge in [-0.15, -0.1) is 0 Å². The molecule has 1 amide bonds. The van der Waals surface area contributed by atoms with E-state index in [-0.39, 0.29) is 6.54 Å². The monoisotopic (exact) mass is 296 g/mol. The standard InChI is InChI=1S/C14H27F3N2O/c1-2-3-4-5-6-7-8-9-10-18-11-13(20)19-12-14(15,16)17/h18H,2-12H2,1H3,(H,19,20). The lowest BCUT2D eigenvalue weighted by Crippen LogP contribution is -2.39. The first kappa shape index (κ1) is 19.2. The molecule has 2 N–H and O–H groups in total. The third-order valence-electron chi connectivity index (χ3n) is 2.98. The second kappa shape index (κ2) is 12.0. The van der Waals surface area contributed by atoms with Crippen molar-refractivity contribution in [3.05, 3.63) is 0 Å². The van der Waals surface area contributed by atoms with Crippen molar-refractivity contribution in [1.29, 1.82) is 0 Å². The fourth-order valence-corrected chi connectivity index (χ4v) is 1.85. The SMILES string of the molecule is CCCCCCCCCCNCC(=O)NCC(F)(F)F. The molecule has 0 heterocycles. The number of alkyl halides is 3. The molecular formula is C14H27F3N2O. The van der Waals surface area contributed by atoms with Gasteiger partial charge in [-0.1, -0.05) is 51.9 Å². The first-order valence-corrected chi connectivity index (χ1v) is 7.50. The summed E-state index contributed by atoms with van der Waals surface area (Å²) in [4.78, 5) is 11.1. The van der Waals surface area contributed by atoms with Crippen LogP contribution in [0.1, 0.15) is 58.3 Å². The van der Waals surface area contributed by atoms with Gasteiger partial charge in [-0.2, -0.15) is 13.2 Å². The second-order valence-corrected chi connectivity index (χ2v) is 5.04. The highest BCUT2D eigenvalue weighted by Crippen LogP contribution is 2.11. The summed E-state index contributed by atoms with van der Waals surface area (Å²) < 4.78 is 35.5. The lowest BCUT2D eigenvalue weighted by molar-refractivity contribution is -0.137. The molecule has 0 saturated heterocycles. The van der Waals surface area contributed by atoms with E-state index in [4.69, 9.17) is 0 Å². The van der Waals surface area contributed by atoms with Crippen molar-refractivity contribution in [1.82, 2.24) is 10.6 Å². The minimum Gasteiger partial charge on any atom is -0.346 e. The number of unbranched alkanes of at least 4 members (excludes halogenated alkanes) is 7. The summed E-state index contributed by atoms with van der Waals surface area (Å²) >= 11 is 0. The number of halogens is 3. The van der Waals surface area contributed by atoms with Crippen LogP contribution < -0.4 is 10.6 Å². The number of nitrogens with one attached hydrogen (secondary N) is 2. The maximum absolute atomic E-state index is 11.8. The fraction of sp³-hybridized carbons (Fsp3) is 0.929. The number of carbonyl (C=O) groups excluding carboxylic acids is 1. The van der Waals surface area contributed by atoms with Crippen LogP contribution in [0.3, 0.4) is 0 Å². The lowest BCUT2D eigenvalue weighted by atomic mass is 10.1. The number of hydrogen-bond acceptors (Lipinski definition) is 2. The number of rotatable bonds is 12. The molecule has 3 nitrogen and oxygen atoms in total. The lowest BCUT2D eigenvalue weighted by Gasteiger charge is -2.09. The number of hydrogen-bond donors (Lipinski definition) is 2. The average molecular weight is 296 g/mol. The van der Waals surface area contributed by atoms with E-state index in [2.05, 4.69) is 12.2 Å². The Labute approximate surface area is 119 Å². The minimum atomic E-state index is -4.34. The summed E-state index contributed by atoms with van der Waals surface area (Å²) in [5, 5.41) is 4.68. The largest absolute Gasteiger partial charge is 0.405 e. The Morgan fingerprint density at radius 1 is 0.950 bits per heavy atom. The van der Waals surface area contributed by atoms with Crippen LogP contribution in [-0.2, 0) is 4.79 Å². The van der Waals surface area contributed by atoms with E-state index in [1.165, 1.54) is 38.5 Å². The molecule has 0 aliphatic heterocycles. The van der Waals surface area contributed by atoms with Crippen LogP contribution in [0.15, 0.2) is 0 Å². The Kier molecular flexibility index (Phi) is 11.5. The summed E-state index contributed by atoms with van der Waals surface area (Å²) in [6.45, 7) is 1.56. The van der Waals surface area contributed by atoms with Crippen molar-refractivity contribution in [2.45, 2.75) is 64.5 Å². The summed E-state index contributed by atoms with van der Waals surface area (Å²) in [6.07, 6.45) is 5.28. The third-order valence-corrected chi connectivity index (χ3v) is 2.98. The molecule has 0 aromatic rings. The van der Waals surface area contributed by atoms with Gasteiger partial charge in [0.15, 0.2) is 0 Å². The molecule has 0 aromatic carbocycles. The number of carbonyl (C=O) groups is 1. The van der Waals surface area contributed by atoms with Gasteiger partial charge in [0, 0.05) is 0 Å². The van der Waals surface area contributed by atoms with Gasteiger partial charge in [0.05, 0.1) is 6.54 Å². The van der Waals surface area contributed by atoms with E-state index in [1.54, 1.807) is 0 Å². The smallest absolute Gasteiger partial charge is 0.346 e. The van der Waals surface area contributed by atoms with Crippen LogP contribution in [0.2, 0.25) is 0 Å². The van der Waals surface area contributed by atoms with Crippen LogP contribution in [0, 0.1) is 0 Å². The average Bonchev–Trinajstić information content (AvgIpc) is 2.38. The molecule has 0 aliphatic rings. The predicted octanol–water partition coefficient (Wildman–Crippen LogP) is 3.40. The summed E-state index contributed by atoms with van der Waals surface area (Å²) in [6, 6.07) is 0. The maximum atomic E-state index is 11.8. The van der Waals surface area contributed by atoms with Crippen molar-refractivity contribution in [2.75, 3.05) is 19.6 Å². The Morgan fingerprint density at radius 2 is 1.50 bits per heavy atom. The summed E-state index contributed by atoms with van der Waals surface area (Å²) in [5.74, 6) is -0.609. The van der Waals surface area contributed by atoms with Crippen molar-refractivity contribution >= 4 is 5.91 Å². The van der Waals surface area contributed by atoms with Crippen LogP contribution in [0.25, 0.3) is 0 Å². The van der Waals surface area contributed by atoms with Gasteiger partial charge in [0.1, 0.15) is 6.54 Å². The van der Waals surface area contributed by atoms with Crippen LogP contribution in [0.4, 0.5) is 13.2 Å². The molecule has 0 aromatic heterocycles. The van der Waals surface area contributed by atoms with Gasteiger partial charge in [0.2, 0.25) is 5.91 Å². The predicted molar refractivity (Wildman–Crippen MR) is 74.5 cm³/mol. The topological polar surface area (TPSA) is 41.1 Å². The van der Waals surface area contributed by atoms with Gasteiger partial charge in [-0.3, -0.25) is 4.79 Å². The molecule has 120 valence electrons. The molecule has 0 rings (SSSR count).